The van der Waals surface area contributed by atoms with Gasteiger partial charge in [-0.05, 0) is 36.2 Å². The predicted molar refractivity (Wildman–Crippen MR) is 146 cm³/mol. The highest BCUT2D eigenvalue weighted by Crippen LogP contribution is 2.30. The number of amides is 2. The molecular formula is C31H28N4O2. The van der Waals surface area contributed by atoms with Crippen LogP contribution in [0.3, 0.4) is 0 Å². The van der Waals surface area contributed by atoms with E-state index in [4.69, 9.17) is 0 Å². The van der Waals surface area contributed by atoms with E-state index in [1.54, 1.807) is 17.0 Å². The van der Waals surface area contributed by atoms with Crippen LogP contribution in [-0.2, 0) is 17.9 Å². The summed E-state index contributed by atoms with van der Waals surface area (Å²) < 4.78 is 0. The van der Waals surface area contributed by atoms with Crippen LogP contribution in [0.4, 0.5) is 5.69 Å². The van der Waals surface area contributed by atoms with Crippen LogP contribution in [0.15, 0.2) is 114 Å². The molecule has 0 spiro atoms. The molecule has 0 saturated carbocycles. The molecule has 0 bridgehead atoms. The lowest BCUT2D eigenvalue weighted by Crippen LogP contribution is -2.41. The molecule has 0 atom stereocenters. The Kier molecular flexibility index (Phi) is 7.19. The molecule has 0 unspecified atom stereocenters. The lowest BCUT2D eigenvalue weighted by atomic mass is 10.1. The summed E-state index contributed by atoms with van der Waals surface area (Å²) in [6, 6.07) is 35.3. The molecule has 6 heteroatoms. The Morgan fingerprint density at radius 1 is 0.811 bits per heavy atom. The van der Waals surface area contributed by atoms with Gasteiger partial charge in [-0.2, -0.15) is 5.10 Å². The van der Waals surface area contributed by atoms with E-state index in [-0.39, 0.29) is 17.5 Å². The Labute approximate surface area is 216 Å². The highest BCUT2D eigenvalue weighted by molar-refractivity contribution is 6.54. The van der Waals surface area contributed by atoms with Gasteiger partial charge in [-0.1, -0.05) is 96.6 Å². The maximum Gasteiger partial charge on any atom is 0.280 e. The van der Waals surface area contributed by atoms with Gasteiger partial charge in [0.15, 0.2) is 5.71 Å². The number of anilines is 1. The van der Waals surface area contributed by atoms with Crippen molar-refractivity contribution < 1.29 is 9.59 Å². The molecule has 0 radical (unpaired) electrons. The minimum absolute atomic E-state index is 0.232. The fourth-order valence-corrected chi connectivity index (χ4v) is 4.51. The van der Waals surface area contributed by atoms with Crippen molar-refractivity contribution in [3.63, 3.8) is 0 Å². The third-order valence-electron chi connectivity index (χ3n) is 6.29. The van der Waals surface area contributed by atoms with Gasteiger partial charge in [0, 0.05) is 24.2 Å². The van der Waals surface area contributed by atoms with Gasteiger partial charge in [0.2, 0.25) is 0 Å². The van der Waals surface area contributed by atoms with Crippen LogP contribution in [0.5, 0.6) is 0 Å². The molecule has 0 fully saturated rings. The first-order chi connectivity index (χ1) is 18.1. The summed E-state index contributed by atoms with van der Waals surface area (Å²) in [5.74, 6) is -0.591. The highest BCUT2D eigenvalue weighted by atomic mass is 16.2. The zero-order valence-corrected chi connectivity index (χ0v) is 20.7. The summed E-state index contributed by atoms with van der Waals surface area (Å²) in [5, 5.41) is 4.28. The average molecular weight is 489 g/mol. The smallest absolute Gasteiger partial charge is 0.280 e. The maximum absolute atomic E-state index is 13.6. The number of nitrogens with zero attached hydrogens (tertiary/aromatic N) is 3. The molecule has 0 aromatic heterocycles. The van der Waals surface area contributed by atoms with E-state index < -0.39 is 0 Å². The second kappa shape index (κ2) is 11.0. The summed E-state index contributed by atoms with van der Waals surface area (Å²) in [6.45, 7) is 3.66. The van der Waals surface area contributed by atoms with Gasteiger partial charge in [0.1, 0.15) is 0 Å². The first-order valence-electron chi connectivity index (χ1n) is 12.2. The van der Waals surface area contributed by atoms with Crippen LogP contribution < -0.4 is 10.3 Å². The van der Waals surface area contributed by atoms with E-state index in [1.807, 2.05) is 79.7 Å². The Hall–Kier alpha value is -4.55. The third-order valence-corrected chi connectivity index (χ3v) is 6.29. The van der Waals surface area contributed by atoms with E-state index in [1.165, 1.54) is 0 Å². The maximum atomic E-state index is 13.6. The molecule has 5 rings (SSSR count). The monoisotopic (exact) mass is 488 g/mol. The van der Waals surface area contributed by atoms with Crippen molar-refractivity contribution in [1.82, 2.24) is 10.3 Å². The molecule has 1 aliphatic rings. The minimum Gasteiger partial charge on any atom is -0.293 e. The van der Waals surface area contributed by atoms with Crippen LogP contribution >= 0.6 is 0 Å². The van der Waals surface area contributed by atoms with Gasteiger partial charge >= 0.3 is 0 Å². The summed E-state index contributed by atoms with van der Waals surface area (Å²) in [4.78, 5) is 30.3. The normalized spacial score (nSPS) is 13.7. The van der Waals surface area contributed by atoms with Crippen LogP contribution in [0.25, 0.3) is 0 Å². The van der Waals surface area contributed by atoms with Crippen molar-refractivity contribution >= 4 is 23.2 Å². The van der Waals surface area contributed by atoms with Gasteiger partial charge in [0.05, 0.1) is 12.4 Å². The van der Waals surface area contributed by atoms with Crippen molar-refractivity contribution in [1.29, 1.82) is 0 Å². The first kappa shape index (κ1) is 24.2. The number of rotatable bonds is 8. The number of carbonyl (C=O) groups excluding carboxylic acids is 2. The molecule has 0 aliphatic carbocycles. The molecule has 1 heterocycles. The van der Waals surface area contributed by atoms with Gasteiger partial charge in [-0.25, -0.2) is 5.43 Å². The lowest BCUT2D eigenvalue weighted by molar-refractivity contribution is -0.112. The quantitative estimate of drug-likeness (QED) is 0.350. The van der Waals surface area contributed by atoms with Gasteiger partial charge in [-0.15, -0.1) is 0 Å². The van der Waals surface area contributed by atoms with Gasteiger partial charge < -0.3 is 0 Å². The Morgan fingerprint density at radius 2 is 1.43 bits per heavy atom. The van der Waals surface area contributed by atoms with E-state index in [2.05, 4.69) is 39.7 Å². The molecule has 2 amide bonds. The summed E-state index contributed by atoms with van der Waals surface area (Å²) >= 11 is 0. The lowest BCUT2D eigenvalue weighted by Gasteiger charge is -2.28. The highest BCUT2D eigenvalue weighted by Gasteiger charge is 2.35. The number of benzene rings is 4. The molecule has 37 heavy (non-hydrogen) atoms. The largest absolute Gasteiger partial charge is 0.293 e. The number of hydrazone groups is 1. The van der Waals surface area contributed by atoms with E-state index >= 15 is 0 Å². The predicted octanol–water partition coefficient (Wildman–Crippen LogP) is 5.14. The summed E-state index contributed by atoms with van der Waals surface area (Å²) in [6.07, 6.45) is 0. The van der Waals surface area contributed by atoms with Crippen molar-refractivity contribution in [2.24, 2.45) is 5.10 Å². The molecule has 1 aliphatic heterocycles. The second-order valence-corrected chi connectivity index (χ2v) is 9.12. The molecule has 184 valence electrons. The number of carbonyl (C=O) groups is 2. The Bertz CT molecular complexity index is 1390. The standard InChI is InChI=1S/C31H28N4O2/c1-23-11-10-16-26(19-23)30(36)33-32-29-27-17-8-9-18-28(27)35(31(29)37)22-34(20-24-12-4-2-5-13-24)21-25-14-6-3-7-15-25/h2-19H,20-22H2,1H3,(H,33,36). The van der Waals surface area contributed by atoms with Gasteiger partial charge in [0.25, 0.3) is 11.8 Å². The summed E-state index contributed by atoms with van der Waals surface area (Å²) in [5.41, 5.74) is 8.10. The SMILES string of the molecule is Cc1cccc(C(=O)NN=C2C(=O)N(CN(Cc3ccccc3)Cc3ccccc3)c3ccccc32)c1. The van der Waals surface area contributed by atoms with E-state index in [0.717, 1.165) is 22.4 Å². The molecule has 1 N–H and O–H groups in total. The summed E-state index contributed by atoms with van der Waals surface area (Å²) in [7, 11) is 0. The number of aryl methyl sites for hydroxylation is 1. The topological polar surface area (TPSA) is 65.0 Å². The van der Waals surface area contributed by atoms with E-state index in [0.29, 0.717) is 30.9 Å². The Balaban J connectivity index is 1.40. The molecule has 0 saturated heterocycles. The Morgan fingerprint density at radius 3 is 2.08 bits per heavy atom. The zero-order valence-electron chi connectivity index (χ0n) is 20.7. The first-order valence-corrected chi connectivity index (χ1v) is 12.2. The zero-order chi connectivity index (χ0) is 25.6. The van der Waals surface area contributed by atoms with E-state index in [9.17, 15) is 9.59 Å². The van der Waals surface area contributed by atoms with Crippen LogP contribution in [-0.4, -0.2) is 29.1 Å². The van der Waals surface area contributed by atoms with Crippen molar-refractivity contribution in [3.8, 4) is 0 Å². The van der Waals surface area contributed by atoms with Crippen molar-refractivity contribution in [2.75, 3.05) is 11.6 Å². The minimum atomic E-state index is -0.352. The number of fused-ring (bicyclic) bond motifs is 1. The number of hydrogen-bond donors (Lipinski definition) is 1. The van der Waals surface area contributed by atoms with Crippen LogP contribution in [0, 0.1) is 6.92 Å². The third kappa shape index (κ3) is 5.66. The second-order valence-electron chi connectivity index (χ2n) is 9.12. The van der Waals surface area contributed by atoms with Crippen molar-refractivity contribution in [3.05, 3.63) is 137 Å². The van der Waals surface area contributed by atoms with Crippen LogP contribution in [0.2, 0.25) is 0 Å². The number of hydrogen-bond acceptors (Lipinski definition) is 4. The molecular weight excluding hydrogens is 460 g/mol. The average Bonchev–Trinajstić information content (AvgIpc) is 3.18. The van der Waals surface area contributed by atoms with Crippen LogP contribution in [0.1, 0.15) is 32.6 Å². The number of nitrogens with one attached hydrogen (secondary N) is 1. The number of para-hydroxylation sites is 1. The molecule has 6 nitrogen and oxygen atoms in total. The molecule has 4 aromatic rings. The van der Waals surface area contributed by atoms with Crippen molar-refractivity contribution in [2.45, 2.75) is 20.0 Å². The van der Waals surface area contributed by atoms with Gasteiger partial charge in [-0.3, -0.25) is 19.4 Å². The fraction of sp³-hybridized carbons (Fsp3) is 0.129. The molecule has 4 aromatic carbocycles. The fourth-order valence-electron chi connectivity index (χ4n) is 4.51.